The van der Waals surface area contributed by atoms with E-state index in [0.29, 0.717) is 6.42 Å². The molecule has 2 rings (SSSR count). The Labute approximate surface area is 109 Å². The number of rotatable bonds is 3. The van der Waals surface area contributed by atoms with Crippen molar-refractivity contribution in [3.8, 4) is 0 Å². The lowest BCUT2D eigenvalue weighted by Gasteiger charge is -2.24. The Kier molecular flexibility index (Phi) is 4.07. The topological polar surface area (TPSA) is 35.6 Å². The van der Waals surface area contributed by atoms with Gasteiger partial charge in [-0.3, -0.25) is 4.79 Å². The zero-order valence-electron chi connectivity index (χ0n) is 11.1. The summed E-state index contributed by atoms with van der Waals surface area (Å²) in [6, 6.07) is 8.31. The molecular formula is C14H21N3O. The largest absolute Gasteiger partial charge is 0.383 e. The Bertz CT molecular complexity index is 417. The fraction of sp³-hybridized carbons (Fsp3) is 0.500. The van der Waals surface area contributed by atoms with Gasteiger partial charge in [-0.1, -0.05) is 12.1 Å². The van der Waals surface area contributed by atoms with Gasteiger partial charge in [-0.25, -0.2) is 0 Å². The number of anilines is 2. The van der Waals surface area contributed by atoms with Crippen LogP contribution in [0.25, 0.3) is 0 Å². The summed E-state index contributed by atoms with van der Waals surface area (Å²) in [5.74, 6) is 0.185. The van der Waals surface area contributed by atoms with E-state index in [4.69, 9.17) is 0 Å². The first-order valence-electron chi connectivity index (χ1n) is 6.46. The summed E-state index contributed by atoms with van der Waals surface area (Å²) in [6.45, 7) is 2.79. The third-order valence-electron chi connectivity index (χ3n) is 3.26. The van der Waals surface area contributed by atoms with Crippen molar-refractivity contribution in [2.75, 3.05) is 43.9 Å². The molecule has 0 aromatic heterocycles. The van der Waals surface area contributed by atoms with E-state index in [-0.39, 0.29) is 5.91 Å². The highest BCUT2D eigenvalue weighted by Crippen LogP contribution is 2.27. The standard InChI is InChI=1S/C14H21N3O/c1-16(2)14(18)8-11-17-10-5-9-15-12-6-3-4-7-13(12)17/h3-4,6-7,15H,5,8-11H2,1-2H3. The first kappa shape index (κ1) is 12.7. The number of hydrogen-bond donors (Lipinski definition) is 1. The lowest BCUT2D eigenvalue weighted by Crippen LogP contribution is -2.30. The second-order valence-corrected chi connectivity index (χ2v) is 4.82. The predicted octanol–water partition coefficient (Wildman–Crippen LogP) is 1.79. The van der Waals surface area contributed by atoms with Crippen LogP contribution in [-0.2, 0) is 4.79 Å². The SMILES string of the molecule is CN(C)C(=O)CCN1CCCNc2ccccc21. The van der Waals surface area contributed by atoms with E-state index in [1.807, 2.05) is 12.1 Å². The fourth-order valence-corrected chi connectivity index (χ4v) is 2.20. The van der Waals surface area contributed by atoms with Crippen LogP contribution in [-0.4, -0.2) is 44.5 Å². The van der Waals surface area contributed by atoms with Crippen LogP contribution in [0, 0.1) is 0 Å². The molecule has 0 unspecified atom stereocenters. The highest BCUT2D eigenvalue weighted by atomic mass is 16.2. The summed E-state index contributed by atoms with van der Waals surface area (Å²) < 4.78 is 0. The smallest absolute Gasteiger partial charge is 0.223 e. The molecule has 0 spiro atoms. The predicted molar refractivity (Wildman–Crippen MR) is 75.1 cm³/mol. The fourth-order valence-electron chi connectivity index (χ4n) is 2.20. The molecule has 1 aliphatic heterocycles. The Morgan fingerprint density at radius 3 is 2.94 bits per heavy atom. The second-order valence-electron chi connectivity index (χ2n) is 4.82. The summed E-state index contributed by atoms with van der Waals surface area (Å²) in [5, 5.41) is 3.43. The summed E-state index contributed by atoms with van der Waals surface area (Å²) >= 11 is 0. The van der Waals surface area contributed by atoms with Gasteiger partial charge in [0, 0.05) is 40.2 Å². The Hall–Kier alpha value is -1.71. The molecule has 0 aliphatic carbocycles. The minimum atomic E-state index is 0.185. The van der Waals surface area contributed by atoms with Crippen molar-refractivity contribution in [1.29, 1.82) is 0 Å². The zero-order valence-corrected chi connectivity index (χ0v) is 11.1. The summed E-state index contributed by atoms with van der Waals surface area (Å²) in [7, 11) is 3.61. The molecule has 98 valence electrons. The molecule has 1 amide bonds. The molecule has 1 aliphatic rings. The van der Waals surface area contributed by atoms with Crippen LogP contribution in [0.15, 0.2) is 24.3 Å². The van der Waals surface area contributed by atoms with Crippen molar-refractivity contribution >= 4 is 17.3 Å². The summed E-state index contributed by atoms with van der Waals surface area (Å²) in [4.78, 5) is 15.6. The first-order chi connectivity index (χ1) is 8.68. The molecule has 0 saturated heterocycles. The number of amides is 1. The van der Waals surface area contributed by atoms with Crippen LogP contribution in [0.5, 0.6) is 0 Å². The molecule has 4 nitrogen and oxygen atoms in total. The first-order valence-corrected chi connectivity index (χ1v) is 6.46. The molecule has 0 saturated carbocycles. The number of para-hydroxylation sites is 2. The minimum absolute atomic E-state index is 0.185. The van der Waals surface area contributed by atoms with Gasteiger partial charge in [-0.2, -0.15) is 0 Å². The molecule has 0 fully saturated rings. The average molecular weight is 247 g/mol. The third kappa shape index (κ3) is 2.94. The van der Waals surface area contributed by atoms with Gasteiger partial charge in [0.15, 0.2) is 0 Å². The van der Waals surface area contributed by atoms with E-state index in [1.54, 1.807) is 19.0 Å². The van der Waals surface area contributed by atoms with E-state index in [0.717, 1.165) is 26.1 Å². The summed E-state index contributed by atoms with van der Waals surface area (Å²) in [6.07, 6.45) is 1.67. The maximum atomic E-state index is 11.7. The van der Waals surface area contributed by atoms with Crippen LogP contribution >= 0.6 is 0 Å². The number of benzene rings is 1. The van der Waals surface area contributed by atoms with E-state index in [2.05, 4.69) is 22.3 Å². The number of nitrogens with one attached hydrogen (secondary N) is 1. The van der Waals surface area contributed by atoms with E-state index >= 15 is 0 Å². The number of carbonyl (C=O) groups excluding carboxylic acids is 1. The van der Waals surface area contributed by atoms with Gasteiger partial charge >= 0.3 is 0 Å². The molecule has 0 radical (unpaired) electrons. The van der Waals surface area contributed by atoms with Crippen molar-refractivity contribution in [1.82, 2.24) is 4.90 Å². The molecule has 0 bridgehead atoms. The normalized spacial score (nSPS) is 14.4. The Balaban J connectivity index is 2.06. The van der Waals surface area contributed by atoms with Crippen molar-refractivity contribution < 1.29 is 4.79 Å². The van der Waals surface area contributed by atoms with Crippen LogP contribution in [0.2, 0.25) is 0 Å². The molecule has 0 atom stereocenters. The number of hydrogen-bond acceptors (Lipinski definition) is 3. The van der Waals surface area contributed by atoms with E-state index in [1.165, 1.54) is 11.4 Å². The highest BCUT2D eigenvalue weighted by molar-refractivity contribution is 5.77. The number of carbonyl (C=O) groups is 1. The molecule has 1 aromatic carbocycles. The zero-order chi connectivity index (χ0) is 13.0. The van der Waals surface area contributed by atoms with Crippen molar-refractivity contribution in [3.63, 3.8) is 0 Å². The van der Waals surface area contributed by atoms with E-state index in [9.17, 15) is 4.79 Å². The summed E-state index contributed by atoms with van der Waals surface area (Å²) in [5.41, 5.74) is 2.38. The van der Waals surface area contributed by atoms with Gasteiger partial charge in [0.2, 0.25) is 5.91 Å². The third-order valence-corrected chi connectivity index (χ3v) is 3.26. The minimum Gasteiger partial charge on any atom is -0.383 e. The van der Waals surface area contributed by atoms with Crippen LogP contribution in [0.1, 0.15) is 12.8 Å². The monoisotopic (exact) mass is 247 g/mol. The Morgan fingerprint density at radius 1 is 1.39 bits per heavy atom. The Morgan fingerprint density at radius 2 is 2.17 bits per heavy atom. The molecule has 4 heteroatoms. The molecule has 1 aromatic rings. The van der Waals surface area contributed by atoms with Gasteiger partial charge in [0.25, 0.3) is 0 Å². The van der Waals surface area contributed by atoms with Gasteiger partial charge in [0.05, 0.1) is 11.4 Å². The average Bonchev–Trinajstić information content (AvgIpc) is 2.58. The van der Waals surface area contributed by atoms with Gasteiger partial charge in [0.1, 0.15) is 0 Å². The van der Waals surface area contributed by atoms with Gasteiger partial charge in [-0.15, -0.1) is 0 Å². The second kappa shape index (κ2) is 5.76. The lowest BCUT2D eigenvalue weighted by molar-refractivity contribution is -0.128. The van der Waals surface area contributed by atoms with E-state index < -0.39 is 0 Å². The molecule has 18 heavy (non-hydrogen) atoms. The molecular weight excluding hydrogens is 226 g/mol. The lowest BCUT2D eigenvalue weighted by atomic mass is 10.2. The van der Waals surface area contributed by atoms with Crippen molar-refractivity contribution in [2.45, 2.75) is 12.8 Å². The van der Waals surface area contributed by atoms with Gasteiger partial charge < -0.3 is 15.1 Å². The number of nitrogens with zero attached hydrogens (tertiary/aromatic N) is 2. The van der Waals surface area contributed by atoms with Crippen molar-refractivity contribution in [3.05, 3.63) is 24.3 Å². The quantitative estimate of drug-likeness (QED) is 0.884. The molecule has 1 N–H and O–H groups in total. The highest BCUT2D eigenvalue weighted by Gasteiger charge is 2.15. The van der Waals surface area contributed by atoms with Gasteiger partial charge in [-0.05, 0) is 18.6 Å². The maximum absolute atomic E-state index is 11.7. The van der Waals surface area contributed by atoms with Crippen LogP contribution in [0.4, 0.5) is 11.4 Å². The van der Waals surface area contributed by atoms with Crippen molar-refractivity contribution in [2.24, 2.45) is 0 Å². The maximum Gasteiger partial charge on any atom is 0.223 e. The molecule has 1 heterocycles. The number of fused-ring (bicyclic) bond motifs is 1. The van der Waals surface area contributed by atoms with Crippen LogP contribution < -0.4 is 10.2 Å². The van der Waals surface area contributed by atoms with Crippen LogP contribution in [0.3, 0.4) is 0 Å².